The van der Waals surface area contributed by atoms with E-state index in [-0.39, 0.29) is 46.1 Å². The van der Waals surface area contributed by atoms with Gasteiger partial charge in [0.15, 0.2) is 0 Å². The van der Waals surface area contributed by atoms with Crippen LogP contribution in [0.1, 0.15) is 132 Å². The van der Waals surface area contributed by atoms with E-state index in [0.29, 0.717) is 23.7 Å². The molecular formula is C48H56Hf. The quantitative estimate of drug-likeness (QED) is 0.106. The smallest absolute Gasteiger partial charge is 0.358 e. The molecule has 0 unspecified atom stereocenters. The largest absolute Gasteiger partial charge is 4.00 e. The van der Waals surface area contributed by atoms with E-state index in [1.165, 1.54) is 96.4 Å². The number of rotatable bonds is 8. The van der Waals surface area contributed by atoms with Crippen LogP contribution in [0.2, 0.25) is 0 Å². The Labute approximate surface area is 316 Å². The summed E-state index contributed by atoms with van der Waals surface area (Å²) in [6, 6.07) is 38.5. The Morgan fingerprint density at radius 2 is 0.837 bits per heavy atom. The molecule has 0 spiro atoms. The zero-order valence-electron chi connectivity index (χ0n) is 31.7. The molecule has 0 bridgehead atoms. The molecule has 0 atom stereocenters. The Bertz CT molecular complexity index is 1840. The molecule has 0 amide bonds. The van der Waals surface area contributed by atoms with Crippen LogP contribution in [0, 0.1) is 14.9 Å². The van der Waals surface area contributed by atoms with Crippen LogP contribution in [0.5, 0.6) is 0 Å². The van der Waals surface area contributed by atoms with E-state index in [4.69, 9.17) is 0 Å². The molecule has 1 heteroatoms. The van der Waals surface area contributed by atoms with Gasteiger partial charge in [0.05, 0.1) is 0 Å². The summed E-state index contributed by atoms with van der Waals surface area (Å²) in [7, 11) is 0. The average Bonchev–Trinajstić information content (AvgIpc) is 3.65. The van der Waals surface area contributed by atoms with Crippen molar-refractivity contribution in [1.82, 2.24) is 0 Å². The first-order chi connectivity index (χ1) is 22.0. The van der Waals surface area contributed by atoms with Gasteiger partial charge >= 0.3 is 25.8 Å². The summed E-state index contributed by atoms with van der Waals surface area (Å²) >= 11 is 0. The van der Waals surface area contributed by atoms with E-state index in [1.54, 1.807) is 0 Å². The Morgan fingerprint density at radius 1 is 0.490 bits per heavy atom. The summed E-state index contributed by atoms with van der Waals surface area (Å²) in [4.78, 5) is 0. The van der Waals surface area contributed by atoms with Crippen molar-refractivity contribution >= 4 is 21.5 Å². The SMILES string of the molecule is CC(C)c1cc(-c2cccc3[cH-]c(C4(c5cc6c(-c7cc(C(C)C)cc(C(C)C)c7)cccc6[cH-]5)CCC4)cc23)cc(C(C)C)c1.[CH3-].[CH3-].[Hf+4]. The third-order valence-electron chi connectivity index (χ3n) is 11.1. The van der Waals surface area contributed by atoms with Crippen molar-refractivity contribution in [1.29, 1.82) is 0 Å². The summed E-state index contributed by atoms with van der Waals surface area (Å²) < 4.78 is 0. The third kappa shape index (κ3) is 6.99. The molecular weight excluding hydrogens is 755 g/mol. The first-order valence-electron chi connectivity index (χ1n) is 17.7. The van der Waals surface area contributed by atoms with E-state index in [1.807, 2.05) is 0 Å². The minimum Gasteiger partial charge on any atom is -0.358 e. The second-order valence-electron chi connectivity index (χ2n) is 15.4. The second kappa shape index (κ2) is 15.1. The van der Waals surface area contributed by atoms with Gasteiger partial charge in [-0.2, -0.15) is 12.1 Å². The van der Waals surface area contributed by atoms with Crippen LogP contribution in [-0.4, -0.2) is 0 Å². The van der Waals surface area contributed by atoms with Crippen molar-refractivity contribution in [2.75, 3.05) is 0 Å². The fraction of sp³-hybridized carbons (Fsp3) is 0.333. The summed E-state index contributed by atoms with van der Waals surface area (Å²) in [6.45, 7) is 18.5. The molecule has 7 rings (SSSR count). The summed E-state index contributed by atoms with van der Waals surface area (Å²) in [6.07, 6.45) is 3.71. The maximum atomic E-state index is 2.54. The molecule has 252 valence electrons. The fourth-order valence-corrected chi connectivity index (χ4v) is 7.80. The van der Waals surface area contributed by atoms with Crippen LogP contribution in [0.4, 0.5) is 0 Å². The summed E-state index contributed by atoms with van der Waals surface area (Å²) in [5, 5.41) is 5.51. The molecule has 1 aliphatic carbocycles. The fourth-order valence-electron chi connectivity index (χ4n) is 7.80. The minimum atomic E-state index is 0. The van der Waals surface area contributed by atoms with Gasteiger partial charge in [-0.05, 0) is 75.3 Å². The Balaban J connectivity index is 0.00000180. The van der Waals surface area contributed by atoms with Gasteiger partial charge in [0.1, 0.15) is 0 Å². The van der Waals surface area contributed by atoms with Gasteiger partial charge in [0.25, 0.3) is 0 Å². The maximum absolute atomic E-state index is 2.54. The Kier molecular flexibility index (Phi) is 11.9. The molecule has 1 fully saturated rings. The van der Waals surface area contributed by atoms with Crippen LogP contribution in [-0.2, 0) is 31.3 Å². The molecule has 0 aromatic heterocycles. The number of hydrogen-bond acceptors (Lipinski definition) is 0. The zero-order chi connectivity index (χ0) is 32.3. The maximum Gasteiger partial charge on any atom is 4.00 e. The van der Waals surface area contributed by atoms with E-state index >= 15 is 0 Å². The summed E-state index contributed by atoms with van der Waals surface area (Å²) in [5.41, 5.74) is 14.2. The van der Waals surface area contributed by atoms with E-state index < -0.39 is 0 Å². The van der Waals surface area contributed by atoms with Crippen LogP contribution in [0.3, 0.4) is 0 Å². The van der Waals surface area contributed by atoms with Gasteiger partial charge < -0.3 is 14.9 Å². The molecule has 6 aromatic rings. The molecule has 1 saturated carbocycles. The number of fused-ring (bicyclic) bond motifs is 2. The number of hydrogen-bond donors (Lipinski definition) is 0. The predicted octanol–water partition coefficient (Wildman–Crippen LogP) is 14.6. The van der Waals surface area contributed by atoms with Gasteiger partial charge in [-0.15, -0.1) is 69.1 Å². The normalized spacial score (nSPS) is 13.9. The summed E-state index contributed by atoms with van der Waals surface area (Å²) in [5.74, 6) is 2.02. The van der Waals surface area contributed by atoms with Gasteiger partial charge in [0, 0.05) is 0 Å². The molecule has 0 heterocycles. The third-order valence-corrected chi connectivity index (χ3v) is 11.1. The van der Waals surface area contributed by atoms with Crippen LogP contribution in [0.25, 0.3) is 43.8 Å². The molecule has 0 N–H and O–H groups in total. The Morgan fingerprint density at radius 3 is 1.12 bits per heavy atom. The van der Waals surface area contributed by atoms with Crippen molar-refractivity contribution in [3.05, 3.63) is 145 Å². The van der Waals surface area contributed by atoms with Gasteiger partial charge in [0.2, 0.25) is 0 Å². The van der Waals surface area contributed by atoms with Crippen LogP contribution < -0.4 is 0 Å². The predicted molar refractivity (Wildman–Crippen MR) is 214 cm³/mol. The second-order valence-corrected chi connectivity index (χ2v) is 15.4. The molecule has 0 saturated heterocycles. The van der Waals surface area contributed by atoms with Crippen molar-refractivity contribution in [2.45, 2.75) is 104 Å². The molecule has 1 aliphatic rings. The molecule has 0 aliphatic heterocycles. The molecule has 6 aromatic carbocycles. The molecule has 49 heavy (non-hydrogen) atoms. The number of benzene rings is 4. The van der Waals surface area contributed by atoms with Crippen LogP contribution >= 0.6 is 0 Å². The monoisotopic (exact) mass is 812 g/mol. The topological polar surface area (TPSA) is 0 Å². The van der Waals surface area contributed by atoms with Gasteiger partial charge in [-0.25, -0.2) is 0 Å². The first-order valence-corrected chi connectivity index (χ1v) is 17.7. The van der Waals surface area contributed by atoms with Crippen molar-refractivity contribution in [3.8, 4) is 22.3 Å². The zero-order valence-corrected chi connectivity index (χ0v) is 35.3. The van der Waals surface area contributed by atoms with Crippen molar-refractivity contribution in [2.24, 2.45) is 0 Å². The minimum absolute atomic E-state index is 0. The standard InChI is InChI=1S/C46H50.2CH3.Hf/c1-28(2)34-18-35(29(3)4)21-38(20-34)42-14-9-12-32-24-40(26-44(32)42)46(16-11-17-46)41-25-33-13-10-15-43(45(33)27-41)39-22-36(30(5)6)19-37(23-39)31(7)8;;;/h9-10,12-15,18-31H,11,16-17H2,1-8H3;2*1H3;/q-2;2*-1;+4. The van der Waals surface area contributed by atoms with E-state index in [0.717, 1.165) is 0 Å². The van der Waals surface area contributed by atoms with Crippen molar-refractivity contribution < 1.29 is 25.8 Å². The van der Waals surface area contributed by atoms with E-state index in [2.05, 4.69) is 152 Å². The Hall–Kier alpha value is -3.03. The molecule has 0 radical (unpaired) electrons. The van der Waals surface area contributed by atoms with E-state index in [9.17, 15) is 0 Å². The molecule has 0 nitrogen and oxygen atoms in total. The van der Waals surface area contributed by atoms with Gasteiger partial charge in [-0.1, -0.05) is 121 Å². The van der Waals surface area contributed by atoms with Gasteiger partial charge in [-0.3, -0.25) is 0 Å². The van der Waals surface area contributed by atoms with Crippen LogP contribution in [0.15, 0.2) is 97.1 Å². The average molecular weight is 811 g/mol. The van der Waals surface area contributed by atoms with Crippen molar-refractivity contribution in [3.63, 3.8) is 0 Å². The first kappa shape index (κ1) is 38.8.